The van der Waals surface area contributed by atoms with Gasteiger partial charge in [-0.2, -0.15) is 0 Å². The van der Waals surface area contributed by atoms with Crippen molar-refractivity contribution in [1.82, 2.24) is 15.2 Å². The molecule has 5 rings (SSSR count). The van der Waals surface area contributed by atoms with Gasteiger partial charge < -0.3 is 10.2 Å². The first-order valence-corrected chi connectivity index (χ1v) is 8.05. The minimum atomic E-state index is -0.0307. The van der Waals surface area contributed by atoms with Gasteiger partial charge in [0, 0.05) is 12.6 Å². The molecule has 0 spiro atoms. The molecule has 2 aromatic rings. The maximum atomic E-state index is 12.4. The third-order valence-electron chi connectivity index (χ3n) is 4.51. The fraction of sp³-hybridized carbons (Fsp3) is 0.467. The summed E-state index contributed by atoms with van der Waals surface area (Å²) in [4.78, 5) is 19.3. The molecule has 3 aliphatic rings. The van der Waals surface area contributed by atoms with E-state index in [0.717, 1.165) is 16.8 Å². The SMILES string of the molecule is Cl.Cl.O=C(N[C@H]1CN2CCC1CC2)c1ccc2sccc2n1. The van der Waals surface area contributed by atoms with Crippen molar-refractivity contribution in [2.45, 2.75) is 18.9 Å². The molecule has 120 valence electrons. The van der Waals surface area contributed by atoms with Crippen LogP contribution in [-0.4, -0.2) is 41.5 Å². The zero-order chi connectivity index (χ0) is 13.5. The Morgan fingerprint density at radius 2 is 2.00 bits per heavy atom. The van der Waals surface area contributed by atoms with E-state index in [9.17, 15) is 4.79 Å². The van der Waals surface area contributed by atoms with Crippen LogP contribution in [0.5, 0.6) is 0 Å². The van der Waals surface area contributed by atoms with Gasteiger partial charge in [0.1, 0.15) is 5.69 Å². The molecule has 0 aliphatic carbocycles. The minimum Gasteiger partial charge on any atom is -0.346 e. The number of pyridine rings is 1. The highest BCUT2D eigenvalue weighted by Crippen LogP contribution is 2.27. The Hall–Kier alpha value is -0.880. The highest BCUT2D eigenvalue weighted by Gasteiger charge is 2.35. The van der Waals surface area contributed by atoms with Crippen LogP contribution in [-0.2, 0) is 0 Å². The molecule has 4 nitrogen and oxygen atoms in total. The number of nitrogens with zero attached hydrogens (tertiary/aromatic N) is 2. The molecule has 0 aromatic carbocycles. The van der Waals surface area contributed by atoms with Gasteiger partial charge in [0.2, 0.25) is 0 Å². The quantitative estimate of drug-likeness (QED) is 0.896. The zero-order valence-corrected chi connectivity index (χ0v) is 14.5. The highest BCUT2D eigenvalue weighted by atomic mass is 35.5. The topological polar surface area (TPSA) is 45.2 Å². The molecule has 3 aliphatic heterocycles. The molecule has 3 fully saturated rings. The molecule has 22 heavy (non-hydrogen) atoms. The molecular weight excluding hydrogens is 341 g/mol. The predicted molar refractivity (Wildman–Crippen MR) is 94.5 cm³/mol. The van der Waals surface area contributed by atoms with Crippen LogP contribution >= 0.6 is 36.2 Å². The number of halogens is 2. The van der Waals surface area contributed by atoms with E-state index < -0.39 is 0 Å². The maximum absolute atomic E-state index is 12.4. The zero-order valence-electron chi connectivity index (χ0n) is 12.0. The van der Waals surface area contributed by atoms with Crippen LogP contribution in [0.1, 0.15) is 23.3 Å². The van der Waals surface area contributed by atoms with Gasteiger partial charge in [0.05, 0.1) is 10.2 Å². The second-order valence-corrected chi connectivity index (χ2v) is 6.67. The van der Waals surface area contributed by atoms with Gasteiger partial charge in [-0.05, 0) is 55.4 Å². The lowest BCUT2D eigenvalue weighted by Gasteiger charge is -2.44. The number of hydrogen-bond acceptors (Lipinski definition) is 4. The Balaban J connectivity index is 0.000000882. The lowest BCUT2D eigenvalue weighted by Crippen LogP contribution is -2.57. The molecule has 0 saturated carbocycles. The number of amides is 1. The molecule has 5 heterocycles. The first-order chi connectivity index (χ1) is 9.79. The summed E-state index contributed by atoms with van der Waals surface area (Å²) in [5.41, 5.74) is 1.45. The molecule has 1 N–H and O–H groups in total. The van der Waals surface area contributed by atoms with Crippen molar-refractivity contribution in [2.75, 3.05) is 19.6 Å². The molecular formula is C15H19Cl2N3OS. The summed E-state index contributed by atoms with van der Waals surface area (Å²) >= 11 is 1.65. The van der Waals surface area contributed by atoms with Crippen molar-refractivity contribution < 1.29 is 4.79 Å². The van der Waals surface area contributed by atoms with Gasteiger partial charge in [0.25, 0.3) is 5.91 Å². The van der Waals surface area contributed by atoms with E-state index in [2.05, 4.69) is 15.2 Å². The Kier molecular flexibility index (Phi) is 5.66. The lowest BCUT2D eigenvalue weighted by molar-refractivity contribution is 0.0618. The normalized spacial score (nSPS) is 26.1. The fourth-order valence-electron chi connectivity index (χ4n) is 3.35. The summed E-state index contributed by atoms with van der Waals surface area (Å²) in [6, 6.07) is 6.07. The second-order valence-electron chi connectivity index (χ2n) is 5.72. The summed E-state index contributed by atoms with van der Waals surface area (Å²) in [5, 5.41) is 5.19. The van der Waals surface area contributed by atoms with Crippen molar-refractivity contribution >= 4 is 52.3 Å². The molecule has 1 atom stereocenters. The summed E-state index contributed by atoms with van der Waals surface area (Å²) in [6.45, 7) is 3.38. The number of aromatic nitrogens is 1. The smallest absolute Gasteiger partial charge is 0.270 e. The molecule has 2 bridgehead atoms. The van der Waals surface area contributed by atoms with Crippen LogP contribution < -0.4 is 5.32 Å². The number of carbonyl (C=O) groups excluding carboxylic acids is 1. The Morgan fingerprint density at radius 1 is 1.23 bits per heavy atom. The molecule has 0 radical (unpaired) electrons. The Morgan fingerprint density at radius 3 is 2.68 bits per heavy atom. The summed E-state index contributed by atoms with van der Waals surface area (Å²) < 4.78 is 1.13. The van der Waals surface area contributed by atoms with E-state index in [0.29, 0.717) is 17.7 Å². The van der Waals surface area contributed by atoms with E-state index in [1.807, 2.05) is 23.6 Å². The van der Waals surface area contributed by atoms with Gasteiger partial charge in [-0.3, -0.25) is 4.79 Å². The number of rotatable bonds is 2. The van der Waals surface area contributed by atoms with E-state index in [1.54, 1.807) is 11.3 Å². The van der Waals surface area contributed by atoms with Gasteiger partial charge >= 0.3 is 0 Å². The number of hydrogen-bond donors (Lipinski definition) is 1. The molecule has 3 saturated heterocycles. The number of nitrogens with one attached hydrogen (secondary N) is 1. The van der Waals surface area contributed by atoms with Gasteiger partial charge in [0.15, 0.2) is 0 Å². The van der Waals surface area contributed by atoms with Crippen LogP contribution in [0.4, 0.5) is 0 Å². The molecule has 7 heteroatoms. The van der Waals surface area contributed by atoms with Crippen molar-refractivity contribution in [3.05, 3.63) is 29.3 Å². The van der Waals surface area contributed by atoms with Crippen LogP contribution in [0, 0.1) is 5.92 Å². The summed E-state index contributed by atoms with van der Waals surface area (Å²) in [7, 11) is 0. The summed E-state index contributed by atoms with van der Waals surface area (Å²) in [5.74, 6) is 0.616. The Labute approximate surface area is 146 Å². The third kappa shape index (κ3) is 3.23. The van der Waals surface area contributed by atoms with Gasteiger partial charge in [-0.25, -0.2) is 4.98 Å². The van der Waals surface area contributed by atoms with Gasteiger partial charge in [-0.15, -0.1) is 36.2 Å². The van der Waals surface area contributed by atoms with E-state index in [-0.39, 0.29) is 30.7 Å². The second kappa shape index (κ2) is 7.13. The largest absolute Gasteiger partial charge is 0.346 e. The Bertz CT molecular complexity index is 655. The number of thiophene rings is 1. The average molecular weight is 360 g/mol. The minimum absolute atomic E-state index is 0. The van der Waals surface area contributed by atoms with Crippen LogP contribution in [0.2, 0.25) is 0 Å². The monoisotopic (exact) mass is 359 g/mol. The van der Waals surface area contributed by atoms with E-state index >= 15 is 0 Å². The van der Waals surface area contributed by atoms with Crippen molar-refractivity contribution in [1.29, 1.82) is 0 Å². The van der Waals surface area contributed by atoms with Crippen molar-refractivity contribution in [2.24, 2.45) is 5.92 Å². The third-order valence-corrected chi connectivity index (χ3v) is 5.38. The van der Waals surface area contributed by atoms with E-state index in [1.165, 1.54) is 25.9 Å². The van der Waals surface area contributed by atoms with E-state index in [4.69, 9.17) is 0 Å². The van der Waals surface area contributed by atoms with Crippen molar-refractivity contribution in [3.8, 4) is 0 Å². The predicted octanol–water partition coefficient (Wildman–Crippen LogP) is 2.96. The van der Waals surface area contributed by atoms with Crippen LogP contribution in [0.3, 0.4) is 0 Å². The highest BCUT2D eigenvalue weighted by molar-refractivity contribution is 7.17. The standard InChI is InChI=1S/C15H17N3OS.2ClH/c19-15(12-1-2-14-11(16-12)5-8-20-14)17-13-9-18-6-3-10(13)4-7-18;;/h1-2,5,8,10,13H,3-4,6-7,9H2,(H,17,19);2*1H/t13-;;/m0../s1. The van der Waals surface area contributed by atoms with Crippen molar-refractivity contribution in [3.63, 3.8) is 0 Å². The number of fused-ring (bicyclic) bond motifs is 4. The maximum Gasteiger partial charge on any atom is 0.270 e. The van der Waals surface area contributed by atoms with Crippen LogP contribution in [0.25, 0.3) is 10.2 Å². The number of piperidine rings is 3. The lowest BCUT2D eigenvalue weighted by atomic mass is 9.84. The summed E-state index contributed by atoms with van der Waals surface area (Å²) in [6.07, 6.45) is 2.42. The molecule has 1 amide bonds. The van der Waals surface area contributed by atoms with Gasteiger partial charge in [-0.1, -0.05) is 0 Å². The first-order valence-electron chi connectivity index (χ1n) is 7.17. The molecule has 2 aromatic heterocycles. The fourth-order valence-corrected chi connectivity index (χ4v) is 4.07. The number of carbonyl (C=O) groups is 1. The molecule has 0 unspecified atom stereocenters. The van der Waals surface area contributed by atoms with Crippen LogP contribution in [0.15, 0.2) is 23.6 Å². The average Bonchev–Trinajstić information content (AvgIpc) is 2.96. The first kappa shape index (κ1) is 17.5.